The predicted molar refractivity (Wildman–Crippen MR) is 230 cm³/mol. The Labute approximate surface area is 372 Å². The normalized spacial score (nSPS) is 19.0. The van der Waals surface area contributed by atoms with Crippen molar-refractivity contribution < 1.29 is 38.1 Å². The monoisotopic (exact) mass is 888 g/mol. The summed E-state index contributed by atoms with van der Waals surface area (Å²) in [5, 5.41) is 35.5. The Morgan fingerprint density at radius 1 is 0.625 bits per heavy atom. The number of benzene rings is 2. The summed E-state index contributed by atoms with van der Waals surface area (Å²) in [5.41, 5.74) is 0. The van der Waals surface area contributed by atoms with Crippen molar-refractivity contribution in [3.8, 4) is 23.5 Å². The molecule has 4 aromatic rings. The van der Waals surface area contributed by atoms with E-state index >= 15 is 0 Å². The van der Waals surface area contributed by atoms with Gasteiger partial charge in [-0.3, -0.25) is 19.2 Å². The fourth-order valence-electron chi connectivity index (χ4n) is 7.58. The van der Waals surface area contributed by atoms with Gasteiger partial charge in [0.1, 0.15) is 23.6 Å². The molecular weight excluding hydrogens is 829 g/mol. The van der Waals surface area contributed by atoms with E-state index in [0.717, 1.165) is 12.8 Å². The third-order valence-electron chi connectivity index (χ3n) is 11.6. The minimum absolute atomic E-state index is 0.0125. The van der Waals surface area contributed by atoms with Crippen molar-refractivity contribution in [1.29, 1.82) is 0 Å². The molecule has 22 nitrogen and oxygen atoms in total. The molecule has 0 bridgehead atoms. The van der Waals surface area contributed by atoms with Gasteiger partial charge in [0.15, 0.2) is 0 Å². The Morgan fingerprint density at radius 2 is 1.02 bits per heavy atom. The number of tetrazole rings is 2. The Balaban J connectivity index is 1.09. The number of carbonyl (C=O) groups excluding carboxylic acids is 4. The highest BCUT2D eigenvalue weighted by molar-refractivity contribution is 5.91. The quantitative estimate of drug-likeness (QED) is 0.0757. The van der Waals surface area contributed by atoms with Crippen molar-refractivity contribution in [1.82, 2.24) is 71.5 Å². The van der Waals surface area contributed by atoms with Crippen molar-refractivity contribution in [3.05, 3.63) is 60.7 Å². The van der Waals surface area contributed by atoms with Gasteiger partial charge in [-0.05, 0) is 113 Å². The van der Waals surface area contributed by atoms with Crippen LogP contribution in [0.15, 0.2) is 60.7 Å². The summed E-state index contributed by atoms with van der Waals surface area (Å²) in [6.07, 6.45) is 1.29. The number of hydrogen-bond acceptors (Lipinski definition) is 16. The number of aromatic nitrogens is 8. The van der Waals surface area contributed by atoms with E-state index in [1.165, 1.54) is 9.36 Å². The number of carbonyl (C=O) groups is 4. The summed E-state index contributed by atoms with van der Waals surface area (Å²) in [7, 11) is 3.32. The molecule has 6 rings (SSSR count). The molecule has 4 amide bonds. The Hall–Kier alpha value is -6.10. The molecule has 8 atom stereocenters. The van der Waals surface area contributed by atoms with Gasteiger partial charge in [0, 0.05) is 13.1 Å². The van der Waals surface area contributed by atoms with Gasteiger partial charge in [0.05, 0.1) is 62.7 Å². The van der Waals surface area contributed by atoms with Crippen LogP contribution < -0.4 is 30.7 Å². The van der Waals surface area contributed by atoms with Crippen molar-refractivity contribution in [2.75, 3.05) is 40.4 Å². The molecular formula is C42H60N14O8. The van der Waals surface area contributed by atoms with Crippen LogP contribution in [0.25, 0.3) is 0 Å². The molecule has 346 valence electrons. The second kappa shape index (κ2) is 23.0. The van der Waals surface area contributed by atoms with Crippen LogP contribution in [0.3, 0.4) is 0 Å². The lowest BCUT2D eigenvalue weighted by molar-refractivity contribution is -0.144. The van der Waals surface area contributed by atoms with E-state index in [0.29, 0.717) is 37.4 Å². The molecule has 2 aliphatic rings. The molecule has 2 aromatic heterocycles. The number of amides is 4. The lowest BCUT2D eigenvalue weighted by Gasteiger charge is -2.33. The first kappa shape index (κ1) is 47.4. The van der Waals surface area contributed by atoms with Gasteiger partial charge in [0.25, 0.3) is 0 Å². The summed E-state index contributed by atoms with van der Waals surface area (Å²) in [4.78, 5) is 58.7. The summed E-state index contributed by atoms with van der Waals surface area (Å²) >= 11 is 0. The lowest BCUT2D eigenvalue weighted by atomic mass is 10.1. The van der Waals surface area contributed by atoms with Gasteiger partial charge in [-0.15, -0.1) is 0 Å². The van der Waals surface area contributed by atoms with Gasteiger partial charge < -0.3 is 50.0 Å². The molecule has 22 heteroatoms. The molecule has 0 radical (unpaired) electrons. The second-order valence-corrected chi connectivity index (χ2v) is 15.9. The zero-order chi connectivity index (χ0) is 45.6. The number of para-hydroxylation sites is 2. The van der Waals surface area contributed by atoms with E-state index in [-0.39, 0.29) is 74.0 Å². The van der Waals surface area contributed by atoms with Crippen LogP contribution in [0.5, 0.6) is 23.5 Å². The van der Waals surface area contributed by atoms with Crippen LogP contribution in [0.2, 0.25) is 0 Å². The first-order valence-electron chi connectivity index (χ1n) is 21.7. The average Bonchev–Trinajstić information content (AvgIpc) is 4.16. The van der Waals surface area contributed by atoms with Crippen molar-refractivity contribution in [3.63, 3.8) is 0 Å². The maximum absolute atomic E-state index is 14.4. The van der Waals surface area contributed by atoms with Crippen molar-refractivity contribution in [2.45, 2.75) is 115 Å². The predicted octanol–water partition coefficient (Wildman–Crippen LogP) is 0.922. The highest BCUT2D eigenvalue weighted by Crippen LogP contribution is 2.26. The minimum Gasteiger partial charge on any atom is -0.423 e. The van der Waals surface area contributed by atoms with Gasteiger partial charge in [0.2, 0.25) is 23.6 Å². The highest BCUT2D eigenvalue weighted by atomic mass is 16.5. The summed E-state index contributed by atoms with van der Waals surface area (Å²) in [6.45, 7) is 8.34. The number of ether oxygens (including phenoxy) is 4. The number of likely N-dealkylation sites (tertiary alicyclic amines) is 2. The number of rotatable bonds is 23. The van der Waals surface area contributed by atoms with Crippen LogP contribution in [0.4, 0.5) is 0 Å². The van der Waals surface area contributed by atoms with E-state index in [2.05, 4.69) is 52.3 Å². The summed E-state index contributed by atoms with van der Waals surface area (Å²) < 4.78 is 27.2. The number of nitrogens with one attached hydrogen (secondary N) is 4. The Bertz CT molecular complexity index is 1960. The van der Waals surface area contributed by atoms with Gasteiger partial charge in [-0.2, -0.15) is 9.36 Å². The Kier molecular flexibility index (Phi) is 17.0. The third-order valence-corrected chi connectivity index (χ3v) is 11.6. The largest absolute Gasteiger partial charge is 0.423 e. The van der Waals surface area contributed by atoms with E-state index in [4.69, 9.17) is 18.9 Å². The number of likely N-dealkylation sites (N-methyl/N-ethyl adjacent to an activating group) is 2. The van der Waals surface area contributed by atoms with Gasteiger partial charge >= 0.3 is 12.0 Å². The lowest BCUT2D eigenvalue weighted by Crippen LogP contribution is -2.58. The maximum atomic E-state index is 14.4. The fraction of sp³-hybridized carbons (Fsp3) is 0.571. The smallest absolute Gasteiger partial charge is 0.341 e. The van der Waals surface area contributed by atoms with Crippen LogP contribution in [-0.2, 0) is 41.7 Å². The molecule has 2 aromatic carbocycles. The molecule has 64 heavy (non-hydrogen) atoms. The minimum atomic E-state index is -1.04. The third kappa shape index (κ3) is 12.3. The van der Waals surface area contributed by atoms with E-state index in [1.807, 2.05) is 36.4 Å². The van der Waals surface area contributed by atoms with Crippen LogP contribution >= 0.6 is 0 Å². The van der Waals surface area contributed by atoms with Crippen LogP contribution in [0, 0.1) is 0 Å². The standard InChI is InChI=1S/C42H60N14O8/c1-27(43-5)37(57)45-35(39(59)53-21-13-15-31(53)25-55-41(47-49-51-55)63-33-17-9-7-10-18-33)29(3)61-23-24-62-30(4)36(46-38(58)28(2)44-6)40(60)54-22-14-16-32(54)26-56-42(48-50-52-56)64-34-19-11-8-12-20-34/h7-12,17-20,27-32,35-36,43-44H,13-16,21-26H2,1-6H3,(H,45,57)(H,46,58). The number of nitrogens with zero attached hydrogens (tertiary/aromatic N) is 10. The Morgan fingerprint density at radius 3 is 1.39 bits per heavy atom. The number of hydrogen-bond donors (Lipinski definition) is 4. The summed E-state index contributed by atoms with van der Waals surface area (Å²) in [6, 6.07) is 14.9. The highest BCUT2D eigenvalue weighted by Gasteiger charge is 2.40. The molecule has 4 heterocycles. The molecule has 2 saturated heterocycles. The van der Waals surface area contributed by atoms with Crippen molar-refractivity contribution >= 4 is 23.6 Å². The fourth-order valence-corrected chi connectivity index (χ4v) is 7.58. The SMILES string of the molecule is CNC(C)C(=O)NC(C(=O)N1CCCC1Cn1nnnc1Oc1ccccc1)C(C)OCCOC(C)C(NC(=O)C(C)NC)C(=O)N1CCCC1Cn1nnnc1Oc1ccccc1. The van der Waals surface area contributed by atoms with Crippen molar-refractivity contribution in [2.24, 2.45) is 0 Å². The molecule has 0 saturated carbocycles. The molecule has 2 fully saturated rings. The second-order valence-electron chi connectivity index (χ2n) is 15.9. The first-order chi connectivity index (χ1) is 31.0. The zero-order valence-corrected chi connectivity index (χ0v) is 37.2. The van der Waals surface area contributed by atoms with Gasteiger partial charge in [-0.1, -0.05) is 46.6 Å². The average molecular weight is 889 g/mol. The topological polar surface area (TPSA) is 247 Å². The molecule has 0 aliphatic carbocycles. The van der Waals surface area contributed by atoms with E-state index < -0.39 is 36.4 Å². The molecule has 4 N–H and O–H groups in total. The van der Waals surface area contributed by atoms with Crippen LogP contribution in [-0.4, -0.2) is 163 Å². The summed E-state index contributed by atoms with van der Waals surface area (Å²) in [5.74, 6) is -0.228. The maximum Gasteiger partial charge on any atom is 0.341 e. The first-order valence-corrected chi connectivity index (χ1v) is 21.7. The zero-order valence-electron chi connectivity index (χ0n) is 37.2. The molecule has 2 aliphatic heterocycles. The molecule has 0 spiro atoms. The van der Waals surface area contributed by atoms with Crippen LogP contribution in [0.1, 0.15) is 53.4 Å². The molecule has 8 unspecified atom stereocenters. The van der Waals surface area contributed by atoms with E-state index in [9.17, 15) is 19.2 Å². The van der Waals surface area contributed by atoms with E-state index in [1.54, 1.807) is 75.9 Å². The van der Waals surface area contributed by atoms with Gasteiger partial charge in [-0.25, -0.2) is 0 Å².